The summed E-state index contributed by atoms with van der Waals surface area (Å²) < 4.78 is 38.1. The fourth-order valence-corrected chi connectivity index (χ4v) is 3.11. The molecule has 1 unspecified atom stereocenters. The van der Waals surface area contributed by atoms with E-state index < -0.39 is 23.9 Å². The summed E-state index contributed by atoms with van der Waals surface area (Å²) in [5.74, 6) is -1.92. The number of fused-ring (bicyclic) bond motifs is 1. The predicted octanol–water partition coefficient (Wildman–Crippen LogP) is 1.86. The summed E-state index contributed by atoms with van der Waals surface area (Å²) in [5.41, 5.74) is 6.03. The Morgan fingerprint density at radius 1 is 1.35 bits per heavy atom. The van der Waals surface area contributed by atoms with Gasteiger partial charge in [0.05, 0.1) is 23.6 Å². The van der Waals surface area contributed by atoms with Crippen molar-refractivity contribution in [1.29, 1.82) is 0 Å². The van der Waals surface area contributed by atoms with Gasteiger partial charge in [0.2, 0.25) is 17.6 Å². The summed E-state index contributed by atoms with van der Waals surface area (Å²) in [5, 5.41) is 2.63. The number of nitrogens with two attached hydrogens (primary N) is 1. The Labute approximate surface area is 146 Å². The predicted molar refractivity (Wildman–Crippen MR) is 88.1 cm³/mol. The topological polar surface area (TPSA) is 104 Å². The fraction of sp³-hybridized carbons (Fsp3) is 0.438. The third kappa shape index (κ3) is 3.96. The number of amides is 2. The number of aromatic nitrogens is 2. The molecule has 0 bridgehead atoms. The lowest BCUT2D eigenvalue weighted by atomic mass is 10.0. The molecule has 2 aromatic rings. The van der Waals surface area contributed by atoms with Crippen molar-refractivity contribution in [1.82, 2.24) is 14.9 Å². The molecule has 7 nitrogen and oxygen atoms in total. The Balaban J connectivity index is 1.69. The quantitative estimate of drug-likeness (QED) is 0.765. The number of nitrogens with zero attached hydrogens (tertiary/aromatic N) is 2. The molecule has 1 fully saturated rings. The smallest absolute Gasteiger partial charge is 0.368 e. The molecule has 1 aliphatic heterocycles. The second-order valence-electron chi connectivity index (χ2n) is 6.25. The van der Waals surface area contributed by atoms with Crippen LogP contribution in [-0.2, 0) is 15.8 Å². The number of H-pyrrole nitrogens is 1. The lowest BCUT2D eigenvalue weighted by Gasteiger charge is -2.32. The van der Waals surface area contributed by atoms with Crippen LogP contribution in [0.25, 0.3) is 11.0 Å². The number of hydrogen-bond acceptors (Lipinski definition) is 4. The number of nitrogens with one attached hydrogen (secondary N) is 2. The first kappa shape index (κ1) is 18.2. The van der Waals surface area contributed by atoms with Gasteiger partial charge in [0, 0.05) is 5.69 Å². The summed E-state index contributed by atoms with van der Waals surface area (Å²) >= 11 is 0. The minimum absolute atomic E-state index is 0.0115. The number of carbonyl (C=O) groups excluding carboxylic acids is 2. The number of primary amides is 1. The Morgan fingerprint density at radius 2 is 2.12 bits per heavy atom. The molecule has 1 aromatic heterocycles. The van der Waals surface area contributed by atoms with Gasteiger partial charge in [0.25, 0.3) is 0 Å². The number of halogens is 3. The van der Waals surface area contributed by atoms with Gasteiger partial charge in [0.15, 0.2) is 0 Å². The van der Waals surface area contributed by atoms with E-state index in [1.807, 2.05) is 0 Å². The standard InChI is InChI=1S/C16H18F3N5O2/c17-16(18,19)15-22-10-5-4-9(7-11(10)23-15)21-13(25)8-24-6-2-1-3-12(24)14(20)26/h4-5,7,12H,1-3,6,8H2,(H2,20,26)(H,21,25)(H,22,23). The molecule has 2 amide bonds. The van der Waals surface area contributed by atoms with Crippen LogP contribution >= 0.6 is 0 Å². The highest BCUT2D eigenvalue weighted by molar-refractivity contribution is 5.94. The van der Waals surface area contributed by atoms with Gasteiger partial charge >= 0.3 is 6.18 Å². The van der Waals surface area contributed by atoms with E-state index in [2.05, 4.69) is 15.3 Å². The fourth-order valence-electron chi connectivity index (χ4n) is 3.11. The summed E-state index contributed by atoms with van der Waals surface area (Å²) in [6.07, 6.45) is -2.20. The third-order valence-electron chi connectivity index (χ3n) is 4.32. The maximum atomic E-state index is 12.7. The average molecular weight is 369 g/mol. The number of carbonyl (C=O) groups is 2. The lowest BCUT2D eigenvalue weighted by molar-refractivity contribution is -0.144. The van der Waals surface area contributed by atoms with Gasteiger partial charge in [-0.15, -0.1) is 0 Å². The van der Waals surface area contributed by atoms with E-state index in [9.17, 15) is 22.8 Å². The van der Waals surface area contributed by atoms with E-state index in [-0.39, 0.29) is 23.5 Å². The zero-order valence-electron chi connectivity index (χ0n) is 13.8. The minimum atomic E-state index is -4.57. The molecule has 4 N–H and O–H groups in total. The van der Waals surface area contributed by atoms with Gasteiger partial charge in [-0.05, 0) is 37.6 Å². The molecule has 1 atom stereocenters. The molecule has 140 valence electrons. The monoisotopic (exact) mass is 369 g/mol. The van der Waals surface area contributed by atoms with Gasteiger partial charge in [-0.25, -0.2) is 4.98 Å². The Hall–Kier alpha value is -2.62. The van der Waals surface area contributed by atoms with Crippen molar-refractivity contribution in [2.75, 3.05) is 18.4 Å². The molecule has 1 aliphatic rings. The number of benzene rings is 1. The van der Waals surface area contributed by atoms with Crippen LogP contribution in [0, 0.1) is 0 Å². The van der Waals surface area contributed by atoms with Crippen molar-refractivity contribution in [3.8, 4) is 0 Å². The van der Waals surface area contributed by atoms with Gasteiger partial charge in [-0.1, -0.05) is 6.42 Å². The first-order valence-corrected chi connectivity index (χ1v) is 8.14. The van der Waals surface area contributed by atoms with E-state index in [1.54, 1.807) is 4.90 Å². The van der Waals surface area contributed by atoms with Crippen LogP contribution in [0.5, 0.6) is 0 Å². The molecule has 10 heteroatoms. The second kappa shape index (κ2) is 6.94. The highest BCUT2D eigenvalue weighted by Crippen LogP contribution is 2.29. The molecule has 3 rings (SSSR count). The van der Waals surface area contributed by atoms with E-state index in [0.717, 1.165) is 12.8 Å². The van der Waals surface area contributed by atoms with Crippen molar-refractivity contribution in [2.24, 2.45) is 5.73 Å². The number of aromatic amines is 1. The van der Waals surface area contributed by atoms with Crippen LogP contribution in [0.2, 0.25) is 0 Å². The minimum Gasteiger partial charge on any atom is -0.368 e. The van der Waals surface area contributed by atoms with Gasteiger partial charge in [-0.3, -0.25) is 14.5 Å². The highest BCUT2D eigenvalue weighted by atomic mass is 19.4. The lowest BCUT2D eigenvalue weighted by Crippen LogP contribution is -2.50. The summed E-state index contributed by atoms with van der Waals surface area (Å²) in [6.45, 7) is 0.581. The number of imidazole rings is 1. The van der Waals surface area contributed by atoms with E-state index in [0.29, 0.717) is 18.7 Å². The Morgan fingerprint density at radius 3 is 2.81 bits per heavy atom. The van der Waals surface area contributed by atoms with Gasteiger partial charge < -0.3 is 16.0 Å². The van der Waals surface area contributed by atoms with Gasteiger partial charge in [-0.2, -0.15) is 13.2 Å². The number of rotatable bonds is 4. The summed E-state index contributed by atoms with van der Waals surface area (Å²) in [4.78, 5) is 31.1. The van der Waals surface area contributed by atoms with Crippen LogP contribution in [0.4, 0.5) is 18.9 Å². The average Bonchev–Trinajstić information content (AvgIpc) is 2.98. The van der Waals surface area contributed by atoms with Crippen molar-refractivity contribution >= 4 is 28.5 Å². The number of hydrogen-bond donors (Lipinski definition) is 3. The van der Waals surface area contributed by atoms with E-state index in [4.69, 9.17) is 5.73 Å². The number of anilines is 1. The van der Waals surface area contributed by atoms with Crippen LogP contribution in [0.3, 0.4) is 0 Å². The molecule has 0 radical (unpaired) electrons. The zero-order valence-corrected chi connectivity index (χ0v) is 13.8. The molecular weight excluding hydrogens is 351 g/mol. The van der Waals surface area contributed by atoms with E-state index in [1.165, 1.54) is 18.2 Å². The third-order valence-corrected chi connectivity index (χ3v) is 4.32. The Kier molecular flexibility index (Phi) is 4.86. The molecular formula is C16H18F3N5O2. The first-order chi connectivity index (χ1) is 12.2. The molecule has 1 saturated heterocycles. The van der Waals surface area contributed by atoms with Crippen molar-refractivity contribution in [3.05, 3.63) is 24.0 Å². The molecule has 2 heterocycles. The zero-order chi connectivity index (χ0) is 18.9. The van der Waals surface area contributed by atoms with Crippen LogP contribution in [0.1, 0.15) is 25.1 Å². The number of piperidine rings is 1. The van der Waals surface area contributed by atoms with Crippen molar-refractivity contribution in [3.63, 3.8) is 0 Å². The maximum Gasteiger partial charge on any atom is 0.449 e. The van der Waals surface area contributed by atoms with Crippen LogP contribution < -0.4 is 11.1 Å². The molecule has 1 aromatic carbocycles. The Bertz CT molecular complexity index is 833. The van der Waals surface area contributed by atoms with Crippen molar-refractivity contribution in [2.45, 2.75) is 31.5 Å². The van der Waals surface area contributed by atoms with Gasteiger partial charge in [0.1, 0.15) is 0 Å². The maximum absolute atomic E-state index is 12.7. The van der Waals surface area contributed by atoms with Crippen LogP contribution in [0.15, 0.2) is 18.2 Å². The normalized spacial score (nSPS) is 18.8. The number of likely N-dealkylation sites (tertiary alicyclic amines) is 1. The van der Waals surface area contributed by atoms with E-state index >= 15 is 0 Å². The first-order valence-electron chi connectivity index (χ1n) is 8.14. The molecule has 0 aliphatic carbocycles. The molecule has 26 heavy (non-hydrogen) atoms. The summed E-state index contributed by atoms with van der Waals surface area (Å²) in [7, 11) is 0. The SMILES string of the molecule is NC(=O)C1CCCCN1CC(=O)Nc1ccc2nc(C(F)(F)F)[nH]c2c1. The number of alkyl halides is 3. The highest BCUT2D eigenvalue weighted by Gasteiger charge is 2.34. The second-order valence-corrected chi connectivity index (χ2v) is 6.25. The molecule has 0 spiro atoms. The van der Waals surface area contributed by atoms with Crippen molar-refractivity contribution < 1.29 is 22.8 Å². The summed E-state index contributed by atoms with van der Waals surface area (Å²) in [6, 6.07) is 3.78. The molecule has 0 saturated carbocycles. The van der Waals surface area contributed by atoms with Crippen LogP contribution in [-0.4, -0.2) is 45.8 Å². The largest absolute Gasteiger partial charge is 0.449 e.